The second-order valence-corrected chi connectivity index (χ2v) is 5.12. The van der Waals surface area contributed by atoms with E-state index in [2.05, 4.69) is 15.3 Å². The minimum atomic E-state index is -0.509. The summed E-state index contributed by atoms with van der Waals surface area (Å²) in [7, 11) is 0. The van der Waals surface area contributed by atoms with E-state index in [1.165, 1.54) is 0 Å². The number of aromatic nitrogens is 2. The molecule has 6 nitrogen and oxygen atoms in total. The van der Waals surface area contributed by atoms with Crippen molar-refractivity contribution in [3.63, 3.8) is 0 Å². The normalized spacial score (nSPS) is 18.9. The Morgan fingerprint density at radius 1 is 1.45 bits per heavy atom. The average molecular weight is 280 g/mol. The Labute approximate surface area is 116 Å². The summed E-state index contributed by atoms with van der Waals surface area (Å²) in [6.07, 6.45) is 3.37. The molecule has 0 spiro atoms. The molecule has 1 N–H and O–H groups in total. The molecule has 1 aliphatic heterocycles. The number of hydrogen-bond donors (Lipinski definition) is 1. The van der Waals surface area contributed by atoms with E-state index in [9.17, 15) is 9.18 Å². The first kappa shape index (κ1) is 13.2. The molecule has 7 heteroatoms. The van der Waals surface area contributed by atoms with Crippen LogP contribution < -0.4 is 10.2 Å². The Hall–Kier alpha value is -1.76. The molecule has 0 unspecified atom stereocenters. The molecule has 1 saturated carbocycles. The number of hydrogen-bond acceptors (Lipinski definition) is 5. The molecule has 20 heavy (non-hydrogen) atoms. The average Bonchev–Trinajstić information content (AvgIpc) is 3.30. The van der Waals surface area contributed by atoms with Crippen molar-refractivity contribution in [1.29, 1.82) is 0 Å². The second kappa shape index (κ2) is 5.70. The van der Waals surface area contributed by atoms with Gasteiger partial charge in [0, 0.05) is 19.6 Å². The van der Waals surface area contributed by atoms with Gasteiger partial charge in [-0.05, 0) is 18.8 Å². The van der Waals surface area contributed by atoms with Crippen LogP contribution in [0, 0.1) is 11.7 Å². The first-order valence-electron chi connectivity index (χ1n) is 6.87. The van der Waals surface area contributed by atoms with Crippen molar-refractivity contribution < 1.29 is 13.9 Å². The lowest BCUT2D eigenvalue weighted by Crippen LogP contribution is -2.38. The van der Waals surface area contributed by atoms with Crippen molar-refractivity contribution in [2.75, 3.05) is 37.7 Å². The van der Waals surface area contributed by atoms with Gasteiger partial charge in [-0.15, -0.1) is 0 Å². The predicted octanol–water partition coefficient (Wildman–Crippen LogP) is 0.592. The highest BCUT2D eigenvalue weighted by molar-refractivity contribution is 5.90. The highest BCUT2D eigenvalue weighted by atomic mass is 19.1. The third-order valence-electron chi connectivity index (χ3n) is 3.49. The smallest absolute Gasteiger partial charge is 0.289 e. The zero-order chi connectivity index (χ0) is 13.9. The van der Waals surface area contributed by atoms with Gasteiger partial charge in [-0.2, -0.15) is 0 Å². The Morgan fingerprint density at radius 3 is 2.90 bits per heavy atom. The van der Waals surface area contributed by atoms with Crippen molar-refractivity contribution in [2.24, 2.45) is 5.92 Å². The van der Waals surface area contributed by atoms with Crippen LogP contribution in [0.3, 0.4) is 0 Å². The Morgan fingerprint density at radius 2 is 2.20 bits per heavy atom. The third-order valence-corrected chi connectivity index (χ3v) is 3.49. The molecule has 0 bridgehead atoms. The third kappa shape index (κ3) is 3.04. The fraction of sp³-hybridized carbons (Fsp3) is 0.615. The number of nitrogens with zero attached hydrogens (tertiary/aromatic N) is 3. The monoisotopic (exact) mass is 280 g/mol. The van der Waals surface area contributed by atoms with Gasteiger partial charge in [-0.1, -0.05) is 0 Å². The number of halogens is 1. The van der Waals surface area contributed by atoms with Gasteiger partial charge in [0.05, 0.1) is 19.4 Å². The molecule has 1 saturated heterocycles. The highest BCUT2D eigenvalue weighted by Gasteiger charge is 2.24. The summed E-state index contributed by atoms with van der Waals surface area (Å²) in [6, 6.07) is 0. The van der Waals surface area contributed by atoms with Crippen LogP contribution in [-0.4, -0.2) is 48.7 Å². The predicted molar refractivity (Wildman–Crippen MR) is 70.1 cm³/mol. The quantitative estimate of drug-likeness (QED) is 0.874. The standard InChI is InChI=1S/C13H17FN4O2/c14-10-8-15-11(13(19)16-7-9-1-2-9)17-12(10)18-3-5-20-6-4-18/h8-9H,1-7H2,(H,16,19). The first-order valence-corrected chi connectivity index (χ1v) is 6.87. The van der Waals surface area contributed by atoms with Crippen LogP contribution >= 0.6 is 0 Å². The van der Waals surface area contributed by atoms with Gasteiger partial charge >= 0.3 is 0 Å². The number of rotatable bonds is 4. The summed E-state index contributed by atoms with van der Waals surface area (Å²) in [4.78, 5) is 21.5. The molecule has 1 amide bonds. The van der Waals surface area contributed by atoms with E-state index in [1.54, 1.807) is 4.90 Å². The van der Waals surface area contributed by atoms with Gasteiger partial charge in [-0.3, -0.25) is 4.79 Å². The molecule has 1 aromatic rings. The SMILES string of the molecule is O=C(NCC1CC1)c1ncc(F)c(N2CCOCC2)n1. The molecule has 0 aromatic carbocycles. The molecular weight excluding hydrogens is 263 g/mol. The van der Waals surface area contributed by atoms with Gasteiger partial charge in [0.15, 0.2) is 11.6 Å². The van der Waals surface area contributed by atoms with E-state index < -0.39 is 5.82 Å². The van der Waals surface area contributed by atoms with Crippen LogP contribution in [0.4, 0.5) is 10.2 Å². The Balaban J connectivity index is 1.72. The maximum absolute atomic E-state index is 13.8. The molecule has 0 radical (unpaired) electrons. The molecule has 1 aromatic heterocycles. The van der Waals surface area contributed by atoms with E-state index in [4.69, 9.17) is 4.74 Å². The van der Waals surface area contributed by atoms with Crippen LogP contribution in [0.15, 0.2) is 6.20 Å². The topological polar surface area (TPSA) is 67.4 Å². The summed E-state index contributed by atoms with van der Waals surface area (Å²) in [5.41, 5.74) is 0. The van der Waals surface area contributed by atoms with Crippen molar-refractivity contribution in [2.45, 2.75) is 12.8 Å². The van der Waals surface area contributed by atoms with Crippen LogP contribution in [0.2, 0.25) is 0 Å². The van der Waals surface area contributed by atoms with Crippen molar-refractivity contribution in [3.8, 4) is 0 Å². The van der Waals surface area contributed by atoms with Crippen LogP contribution in [-0.2, 0) is 4.74 Å². The molecule has 0 atom stereocenters. The van der Waals surface area contributed by atoms with Crippen molar-refractivity contribution in [3.05, 3.63) is 17.8 Å². The zero-order valence-corrected chi connectivity index (χ0v) is 11.1. The minimum absolute atomic E-state index is 0.0218. The number of nitrogens with one attached hydrogen (secondary N) is 1. The van der Waals surface area contributed by atoms with Gasteiger partial charge < -0.3 is 15.0 Å². The fourth-order valence-corrected chi connectivity index (χ4v) is 2.10. The maximum atomic E-state index is 13.8. The highest BCUT2D eigenvalue weighted by Crippen LogP contribution is 2.27. The summed E-state index contributed by atoms with van der Waals surface area (Å²) < 4.78 is 19.0. The number of morpholine rings is 1. The largest absolute Gasteiger partial charge is 0.378 e. The lowest BCUT2D eigenvalue weighted by molar-refractivity contribution is 0.0941. The van der Waals surface area contributed by atoms with E-state index in [0.717, 1.165) is 19.0 Å². The number of anilines is 1. The van der Waals surface area contributed by atoms with Crippen LogP contribution in [0.5, 0.6) is 0 Å². The molecule has 2 fully saturated rings. The molecule has 2 heterocycles. The van der Waals surface area contributed by atoms with Crippen LogP contribution in [0.25, 0.3) is 0 Å². The first-order chi connectivity index (χ1) is 9.74. The van der Waals surface area contributed by atoms with E-state index in [1.807, 2.05) is 0 Å². The number of ether oxygens (including phenoxy) is 1. The summed E-state index contributed by atoms with van der Waals surface area (Å²) >= 11 is 0. The summed E-state index contributed by atoms with van der Waals surface area (Å²) in [6.45, 7) is 2.85. The second-order valence-electron chi connectivity index (χ2n) is 5.12. The maximum Gasteiger partial charge on any atom is 0.289 e. The van der Waals surface area contributed by atoms with Gasteiger partial charge in [0.25, 0.3) is 5.91 Å². The van der Waals surface area contributed by atoms with Gasteiger partial charge in [0.1, 0.15) is 0 Å². The lowest BCUT2D eigenvalue weighted by atomic mass is 10.3. The van der Waals surface area contributed by atoms with E-state index >= 15 is 0 Å². The van der Waals surface area contributed by atoms with E-state index in [0.29, 0.717) is 38.8 Å². The fourth-order valence-electron chi connectivity index (χ4n) is 2.10. The summed E-state index contributed by atoms with van der Waals surface area (Å²) in [5, 5.41) is 2.78. The molecule has 108 valence electrons. The molecule has 3 rings (SSSR count). The Bertz CT molecular complexity index is 501. The molecular formula is C13H17FN4O2. The van der Waals surface area contributed by atoms with Crippen molar-refractivity contribution in [1.82, 2.24) is 15.3 Å². The van der Waals surface area contributed by atoms with Crippen molar-refractivity contribution >= 4 is 11.7 Å². The number of carbonyl (C=O) groups is 1. The zero-order valence-electron chi connectivity index (χ0n) is 11.1. The number of amides is 1. The van der Waals surface area contributed by atoms with Gasteiger partial charge in [-0.25, -0.2) is 14.4 Å². The minimum Gasteiger partial charge on any atom is -0.378 e. The van der Waals surface area contributed by atoms with Gasteiger partial charge in [0.2, 0.25) is 5.82 Å². The van der Waals surface area contributed by atoms with Crippen LogP contribution in [0.1, 0.15) is 23.5 Å². The number of carbonyl (C=O) groups excluding carboxylic acids is 1. The van der Waals surface area contributed by atoms with E-state index in [-0.39, 0.29) is 17.5 Å². The molecule has 2 aliphatic rings. The summed E-state index contributed by atoms with van der Waals surface area (Å²) in [5.74, 6) is -0.0661. The Kier molecular flexibility index (Phi) is 3.77. The molecule has 1 aliphatic carbocycles. The lowest BCUT2D eigenvalue weighted by Gasteiger charge is -2.27.